The van der Waals surface area contributed by atoms with E-state index in [9.17, 15) is 4.39 Å². The van der Waals surface area contributed by atoms with Crippen LogP contribution < -0.4 is 4.74 Å². The predicted molar refractivity (Wildman–Crippen MR) is 58.3 cm³/mol. The van der Waals surface area contributed by atoms with Crippen LogP contribution in [0, 0.1) is 12.7 Å². The molecule has 1 aromatic heterocycles. The van der Waals surface area contributed by atoms with Gasteiger partial charge >= 0.3 is 0 Å². The van der Waals surface area contributed by atoms with Crippen molar-refractivity contribution in [2.45, 2.75) is 6.92 Å². The van der Waals surface area contributed by atoms with Crippen molar-refractivity contribution in [3.8, 4) is 11.6 Å². The maximum Gasteiger partial charge on any atom is 0.225 e. The van der Waals surface area contributed by atoms with Crippen molar-refractivity contribution in [1.29, 1.82) is 0 Å². The maximum atomic E-state index is 13.0. The summed E-state index contributed by atoms with van der Waals surface area (Å²) >= 11 is 5.61. The quantitative estimate of drug-likeness (QED) is 0.753. The zero-order valence-corrected chi connectivity index (χ0v) is 9.20. The van der Waals surface area contributed by atoms with Gasteiger partial charge in [-0.2, -0.15) is 4.98 Å². The van der Waals surface area contributed by atoms with E-state index in [0.29, 0.717) is 5.75 Å². The van der Waals surface area contributed by atoms with Gasteiger partial charge in [0.05, 0.1) is 0 Å². The molecule has 0 aliphatic heterocycles. The van der Waals surface area contributed by atoms with E-state index in [1.54, 1.807) is 12.1 Å². The van der Waals surface area contributed by atoms with Gasteiger partial charge in [-0.1, -0.05) is 6.07 Å². The van der Waals surface area contributed by atoms with Crippen LogP contribution in [0.5, 0.6) is 11.6 Å². The molecule has 0 fully saturated rings. The van der Waals surface area contributed by atoms with E-state index in [4.69, 9.17) is 16.3 Å². The van der Waals surface area contributed by atoms with Gasteiger partial charge in [0, 0.05) is 18.3 Å². The third kappa shape index (κ3) is 2.46. The zero-order chi connectivity index (χ0) is 11.5. The number of aryl methyl sites for hydroxylation is 1. The van der Waals surface area contributed by atoms with Crippen LogP contribution in [0.2, 0.25) is 5.28 Å². The van der Waals surface area contributed by atoms with E-state index < -0.39 is 0 Å². The monoisotopic (exact) mass is 238 g/mol. The minimum atomic E-state index is -0.360. The van der Waals surface area contributed by atoms with Crippen molar-refractivity contribution in [2.75, 3.05) is 0 Å². The normalized spacial score (nSPS) is 10.2. The summed E-state index contributed by atoms with van der Waals surface area (Å²) in [4.78, 5) is 7.57. The summed E-state index contributed by atoms with van der Waals surface area (Å²) in [5, 5.41) is 0.0894. The molecule has 5 heteroatoms. The van der Waals surface area contributed by atoms with Crippen LogP contribution in [-0.4, -0.2) is 9.97 Å². The van der Waals surface area contributed by atoms with Gasteiger partial charge in [-0.15, -0.1) is 0 Å². The Morgan fingerprint density at radius 1 is 1.31 bits per heavy atom. The number of halogens is 2. The SMILES string of the molecule is Cc1ccc(F)cc1Oc1ccnc(Cl)n1. The molecule has 3 nitrogen and oxygen atoms in total. The van der Waals surface area contributed by atoms with Crippen molar-refractivity contribution >= 4 is 11.6 Å². The van der Waals surface area contributed by atoms with Crippen molar-refractivity contribution < 1.29 is 9.13 Å². The van der Waals surface area contributed by atoms with Crippen LogP contribution in [0.4, 0.5) is 4.39 Å². The highest BCUT2D eigenvalue weighted by molar-refractivity contribution is 6.28. The van der Waals surface area contributed by atoms with Crippen molar-refractivity contribution in [1.82, 2.24) is 9.97 Å². The first kappa shape index (κ1) is 10.8. The number of rotatable bonds is 2. The minimum Gasteiger partial charge on any atom is -0.438 e. The summed E-state index contributed by atoms with van der Waals surface area (Å²) in [6, 6.07) is 5.85. The minimum absolute atomic E-state index is 0.0894. The molecular weight excluding hydrogens is 231 g/mol. The van der Waals surface area contributed by atoms with Gasteiger partial charge in [0.2, 0.25) is 11.2 Å². The Kier molecular flexibility index (Phi) is 3.01. The standard InChI is InChI=1S/C11H8ClFN2O/c1-7-2-3-8(13)6-9(7)16-10-4-5-14-11(12)15-10/h2-6H,1H3. The van der Waals surface area contributed by atoms with E-state index in [-0.39, 0.29) is 17.0 Å². The third-order valence-electron chi connectivity index (χ3n) is 1.97. The first-order chi connectivity index (χ1) is 7.65. The Hall–Kier alpha value is -1.68. The number of nitrogens with zero attached hydrogens (tertiary/aromatic N) is 2. The summed E-state index contributed by atoms with van der Waals surface area (Å²) < 4.78 is 18.4. The van der Waals surface area contributed by atoms with E-state index in [1.807, 2.05) is 6.92 Å². The summed E-state index contributed by atoms with van der Waals surface area (Å²) in [7, 11) is 0. The highest BCUT2D eigenvalue weighted by atomic mass is 35.5. The molecule has 0 aliphatic carbocycles. The molecule has 0 N–H and O–H groups in total. The molecule has 0 amide bonds. The Bertz CT molecular complexity index is 519. The van der Waals surface area contributed by atoms with Gasteiger partial charge in [0.25, 0.3) is 0 Å². The fraction of sp³-hybridized carbons (Fsp3) is 0.0909. The largest absolute Gasteiger partial charge is 0.438 e. The van der Waals surface area contributed by atoms with Crippen molar-refractivity contribution in [3.63, 3.8) is 0 Å². The molecule has 0 unspecified atom stereocenters. The Balaban J connectivity index is 2.30. The predicted octanol–water partition coefficient (Wildman–Crippen LogP) is 3.37. The summed E-state index contributed by atoms with van der Waals surface area (Å²) in [5.74, 6) is 0.337. The first-order valence-electron chi connectivity index (χ1n) is 4.58. The molecule has 0 radical (unpaired) electrons. The van der Waals surface area contributed by atoms with Crippen LogP contribution in [0.3, 0.4) is 0 Å². The van der Waals surface area contributed by atoms with E-state index in [0.717, 1.165) is 5.56 Å². The fourth-order valence-electron chi connectivity index (χ4n) is 1.17. The van der Waals surface area contributed by atoms with Gasteiger partial charge in [0.15, 0.2) is 0 Å². The van der Waals surface area contributed by atoms with Crippen LogP contribution in [0.25, 0.3) is 0 Å². The lowest BCUT2D eigenvalue weighted by molar-refractivity contribution is 0.453. The van der Waals surface area contributed by atoms with Gasteiger partial charge in [-0.3, -0.25) is 0 Å². The average molecular weight is 239 g/mol. The smallest absolute Gasteiger partial charge is 0.225 e. The Labute approximate surface area is 96.9 Å². The zero-order valence-electron chi connectivity index (χ0n) is 8.45. The van der Waals surface area contributed by atoms with Gasteiger partial charge < -0.3 is 4.74 Å². The first-order valence-corrected chi connectivity index (χ1v) is 4.95. The number of aromatic nitrogens is 2. The van der Waals surface area contributed by atoms with E-state index in [2.05, 4.69) is 9.97 Å². The van der Waals surface area contributed by atoms with Crippen LogP contribution >= 0.6 is 11.6 Å². The number of ether oxygens (including phenoxy) is 1. The molecule has 0 bridgehead atoms. The molecule has 2 rings (SSSR count). The van der Waals surface area contributed by atoms with E-state index >= 15 is 0 Å². The molecule has 1 aromatic carbocycles. The molecule has 0 aliphatic rings. The molecule has 0 atom stereocenters. The van der Waals surface area contributed by atoms with Gasteiger partial charge in [-0.25, -0.2) is 9.37 Å². The van der Waals surface area contributed by atoms with E-state index in [1.165, 1.54) is 18.3 Å². The molecular formula is C11H8ClFN2O. The van der Waals surface area contributed by atoms with Crippen LogP contribution in [-0.2, 0) is 0 Å². The lowest BCUT2D eigenvalue weighted by atomic mass is 10.2. The Morgan fingerprint density at radius 3 is 2.88 bits per heavy atom. The molecule has 16 heavy (non-hydrogen) atoms. The molecule has 0 saturated carbocycles. The van der Waals surface area contributed by atoms with Crippen LogP contribution in [0.1, 0.15) is 5.56 Å². The molecule has 82 valence electrons. The average Bonchev–Trinajstić information content (AvgIpc) is 2.24. The molecule has 1 heterocycles. The molecule has 2 aromatic rings. The van der Waals surface area contributed by atoms with Crippen molar-refractivity contribution in [2.24, 2.45) is 0 Å². The lowest BCUT2D eigenvalue weighted by Crippen LogP contribution is -1.92. The molecule has 0 saturated heterocycles. The second-order valence-electron chi connectivity index (χ2n) is 3.18. The fourth-order valence-corrected chi connectivity index (χ4v) is 1.31. The van der Waals surface area contributed by atoms with Crippen molar-refractivity contribution in [3.05, 3.63) is 47.1 Å². The summed E-state index contributed by atoms with van der Waals surface area (Å²) in [6.45, 7) is 1.82. The number of benzene rings is 1. The lowest BCUT2D eigenvalue weighted by Gasteiger charge is -2.07. The number of hydrogen-bond acceptors (Lipinski definition) is 3. The maximum absolute atomic E-state index is 13.0. The second kappa shape index (κ2) is 4.45. The number of hydrogen-bond donors (Lipinski definition) is 0. The second-order valence-corrected chi connectivity index (χ2v) is 3.51. The third-order valence-corrected chi connectivity index (χ3v) is 2.15. The highest BCUT2D eigenvalue weighted by Crippen LogP contribution is 2.24. The van der Waals surface area contributed by atoms with Crippen LogP contribution in [0.15, 0.2) is 30.5 Å². The Morgan fingerprint density at radius 2 is 2.12 bits per heavy atom. The topological polar surface area (TPSA) is 35.0 Å². The summed E-state index contributed by atoms with van der Waals surface area (Å²) in [6.07, 6.45) is 1.47. The molecule has 0 spiro atoms. The summed E-state index contributed by atoms with van der Waals surface area (Å²) in [5.41, 5.74) is 0.816. The van der Waals surface area contributed by atoms with Gasteiger partial charge in [0.1, 0.15) is 11.6 Å². The highest BCUT2D eigenvalue weighted by Gasteiger charge is 2.04. The van der Waals surface area contributed by atoms with Gasteiger partial charge in [-0.05, 0) is 30.2 Å².